The van der Waals surface area contributed by atoms with E-state index < -0.39 is 12.0 Å². The number of amides is 2. The van der Waals surface area contributed by atoms with Crippen molar-refractivity contribution in [2.24, 2.45) is 5.16 Å². The van der Waals surface area contributed by atoms with Crippen LogP contribution in [0.4, 0.5) is 4.39 Å². The van der Waals surface area contributed by atoms with Gasteiger partial charge in [0.2, 0.25) is 12.0 Å². The van der Waals surface area contributed by atoms with E-state index in [1.54, 1.807) is 24.3 Å². The van der Waals surface area contributed by atoms with Crippen molar-refractivity contribution in [1.29, 1.82) is 0 Å². The fraction of sp³-hybridized carbons (Fsp3) is 0.235. The van der Waals surface area contributed by atoms with E-state index in [-0.39, 0.29) is 31.2 Å². The van der Waals surface area contributed by atoms with Gasteiger partial charge in [-0.2, -0.15) is 0 Å². The van der Waals surface area contributed by atoms with Crippen molar-refractivity contribution in [2.45, 2.75) is 19.1 Å². The molecule has 0 fully saturated rings. The van der Waals surface area contributed by atoms with Crippen molar-refractivity contribution in [3.05, 3.63) is 59.8 Å². The van der Waals surface area contributed by atoms with Gasteiger partial charge in [-0.05, 0) is 24.3 Å². The third-order valence-corrected chi connectivity index (χ3v) is 3.58. The smallest absolute Gasteiger partial charge is 0.264 e. The monoisotopic (exact) mass is 345 g/mol. The van der Waals surface area contributed by atoms with Gasteiger partial charge in [-0.3, -0.25) is 9.59 Å². The molecule has 25 heavy (non-hydrogen) atoms. The van der Waals surface area contributed by atoms with Gasteiger partial charge in [-0.25, -0.2) is 4.39 Å². The summed E-state index contributed by atoms with van der Waals surface area (Å²) in [6.45, 7) is 0.0587. The second kappa shape index (κ2) is 7.61. The Balaban J connectivity index is 1.43. The summed E-state index contributed by atoms with van der Waals surface area (Å²) in [5.41, 5.74) is 1.05. The number of nitrogens with one attached hydrogen (secondary N) is 2. The van der Waals surface area contributed by atoms with Crippen LogP contribution >= 0.6 is 0 Å². The van der Waals surface area contributed by atoms with Crippen LogP contribution in [0.2, 0.25) is 0 Å². The maximum Gasteiger partial charge on any atom is 0.264 e. The highest BCUT2D eigenvalue weighted by atomic mass is 19.1. The number of carbonyl (C=O) groups is 2. The summed E-state index contributed by atoms with van der Waals surface area (Å²) >= 11 is 0. The van der Waals surface area contributed by atoms with E-state index >= 15 is 0 Å². The average molecular weight is 345 g/mol. The molecule has 1 atom stereocenters. The van der Waals surface area contributed by atoms with Crippen molar-refractivity contribution in [1.82, 2.24) is 10.6 Å². The van der Waals surface area contributed by atoms with Crippen molar-refractivity contribution >= 4 is 17.5 Å². The molecule has 8 heteroatoms. The number of furan rings is 1. The Morgan fingerprint density at radius 2 is 2.12 bits per heavy atom. The lowest BCUT2D eigenvalue weighted by molar-refractivity contribution is -0.133. The first kappa shape index (κ1) is 16.7. The second-order valence-corrected chi connectivity index (χ2v) is 5.42. The number of carbonyl (C=O) groups excluding carboxylic acids is 2. The van der Waals surface area contributed by atoms with Gasteiger partial charge in [0.05, 0.1) is 25.1 Å². The van der Waals surface area contributed by atoms with E-state index in [4.69, 9.17) is 9.25 Å². The van der Waals surface area contributed by atoms with Crippen molar-refractivity contribution in [3.8, 4) is 0 Å². The molecule has 2 N–H and O–H groups in total. The van der Waals surface area contributed by atoms with E-state index in [0.29, 0.717) is 17.0 Å². The number of hydrogen-bond donors (Lipinski definition) is 2. The van der Waals surface area contributed by atoms with E-state index in [0.717, 1.165) is 0 Å². The lowest BCUT2D eigenvalue weighted by Gasteiger charge is -2.09. The lowest BCUT2D eigenvalue weighted by Crippen LogP contribution is -2.41. The van der Waals surface area contributed by atoms with Crippen LogP contribution in [0.3, 0.4) is 0 Å². The van der Waals surface area contributed by atoms with Crippen LogP contribution in [0.5, 0.6) is 0 Å². The van der Waals surface area contributed by atoms with E-state index in [9.17, 15) is 14.0 Å². The largest absolute Gasteiger partial charge is 0.467 e. The molecule has 2 aromatic rings. The van der Waals surface area contributed by atoms with Crippen LogP contribution in [-0.2, 0) is 21.0 Å². The second-order valence-electron chi connectivity index (χ2n) is 5.42. The van der Waals surface area contributed by atoms with E-state index in [1.807, 2.05) is 0 Å². The summed E-state index contributed by atoms with van der Waals surface area (Å²) in [6.07, 6.45) is 0.886. The minimum Gasteiger partial charge on any atom is -0.467 e. The number of nitrogens with zero attached hydrogens (tertiary/aromatic N) is 1. The Bertz CT molecular complexity index is 789. The summed E-state index contributed by atoms with van der Waals surface area (Å²) in [6, 6.07) is 9.35. The molecular formula is C17H16FN3O4. The van der Waals surface area contributed by atoms with Crippen LogP contribution in [0.15, 0.2) is 52.2 Å². The molecule has 0 radical (unpaired) electrons. The topological polar surface area (TPSA) is 92.9 Å². The first-order chi connectivity index (χ1) is 12.1. The molecule has 3 rings (SSSR count). The molecule has 1 aromatic carbocycles. The molecule has 0 saturated carbocycles. The predicted molar refractivity (Wildman–Crippen MR) is 86.0 cm³/mol. The minimum absolute atomic E-state index is 0.186. The molecule has 7 nitrogen and oxygen atoms in total. The molecule has 2 heterocycles. The molecule has 130 valence electrons. The first-order valence-electron chi connectivity index (χ1n) is 7.67. The third kappa shape index (κ3) is 4.43. The first-order valence-corrected chi connectivity index (χ1v) is 7.67. The normalized spacial score (nSPS) is 16.0. The molecule has 0 saturated heterocycles. The highest BCUT2D eigenvalue weighted by Gasteiger charge is 2.29. The average Bonchev–Trinajstić information content (AvgIpc) is 3.29. The van der Waals surface area contributed by atoms with Gasteiger partial charge in [0.25, 0.3) is 5.91 Å². The molecule has 0 bridgehead atoms. The molecular weight excluding hydrogens is 329 g/mol. The van der Waals surface area contributed by atoms with Crippen molar-refractivity contribution in [3.63, 3.8) is 0 Å². The molecule has 1 aliphatic rings. The zero-order valence-corrected chi connectivity index (χ0v) is 13.2. The van der Waals surface area contributed by atoms with Gasteiger partial charge in [0.15, 0.2) is 0 Å². The van der Waals surface area contributed by atoms with Crippen LogP contribution in [-0.4, -0.2) is 30.2 Å². The fourth-order valence-corrected chi connectivity index (χ4v) is 2.30. The summed E-state index contributed by atoms with van der Waals surface area (Å²) in [7, 11) is 0. The van der Waals surface area contributed by atoms with E-state index in [2.05, 4.69) is 15.8 Å². The maximum absolute atomic E-state index is 13.2. The Morgan fingerprint density at radius 1 is 1.24 bits per heavy atom. The van der Waals surface area contributed by atoms with Crippen LogP contribution in [0, 0.1) is 5.82 Å². The van der Waals surface area contributed by atoms with Gasteiger partial charge in [0.1, 0.15) is 11.6 Å². The molecule has 0 aliphatic carbocycles. The minimum atomic E-state index is -0.837. The summed E-state index contributed by atoms with van der Waals surface area (Å²) < 4.78 is 18.3. The molecule has 1 aliphatic heterocycles. The number of halogens is 1. The quantitative estimate of drug-likeness (QED) is 0.826. The summed E-state index contributed by atoms with van der Waals surface area (Å²) in [5, 5.41) is 8.92. The lowest BCUT2D eigenvalue weighted by atomic mass is 10.0. The Labute approximate surface area is 142 Å². The molecule has 2 amide bonds. The van der Waals surface area contributed by atoms with Crippen molar-refractivity contribution in [2.75, 3.05) is 6.54 Å². The number of oxime groups is 1. The SMILES string of the molecule is O=C(CNC(=O)C1CC(c2cccc(F)c2)=NO1)NCc1ccco1. The fourth-order valence-electron chi connectivity index (χ4n) is 2.30. The zero-order valence-electron chi connectivity index (χ0n) is 13.2. The van der Waals surface area contributed by atoms with Gasteiger partial charge in [-0.15, -0.1) is 0 Å². The van der Waals surface area contributed by atoms with Gasteiger partial charge < -0.3 is 19.9 Å². The predicted octanol–water partition coefficient (Wildman–Crippen LogP) is 1.34. The Kier molecular flexibility index (Phi) is 5.08. The summed E-state index contributed by atoms with van der Waals surface area (Å²) in [5.74, 6) is -0.578. The number of benzene rings is 1. The van der Waals surface area contributed by atoms with Gasteiger partial charge >= 0.3 is 0 Å². The number of rotatable bonds is 6. The zero-order chi connectivity index (χ0) is 17.6. The molecule has 1 unspecified atom stereocenters. The van der Waals surface area contributed by atoms with Gasteiger partial charge in [0, 0.05) is 12.0 Å². The maximum atomic E-state index is 13.2. The Morgan fingerprint density at radius 3 is 2.88 bits per heavy atom. The number of hydrogen-bond acceptors (Lipinski definition) is 5. The third-order valence-electron chi connectivity index (χ3n) is 3.58. The molecule has 1 aromatic heterocycles. The summed E-state index contributed by atoms with van der Waals surface area (Å²) in [4.78, 5) is 28.8. The van der Waals surface area contributed by atoms with E-state index in [1.165, 1.54) is 18.4 Å². The van der Waals surface area contributed by atoms with Crippen LogP contribution in [0.1, 0.15) is 17.7 Å². The van der Waals surface area contributed by atoms with Crippen LogP contribution in [0.25, 0.3) is 0 Å². The van der Waals surface area contributed by atoms with Gasteiger partial charge in [-0.1, -0.05) is 17.3 Å². The highest BCUT2D eigenvalue weighted by Crippen LogP contribution is 2.17. The van der Waals surface area contributed by atoms with Crippen LogP contribution < -0.4 is 10.6 Å². The Hall–Kier alpha value is -3.16. The highest BCUT2D eigenvalue weighted by molar-refractivity contribution is 6.04. The standard InChI is InChI=1S/C17H16FN3O4/c18-12-4-1-3-11(7-12)14-8-15(25-21-14)17(23)20-10-16(22)19-9-13-5-2-6-24-13/h1-7,15H,8-10H2,(H,19,22)(H,20,23). The van der Waals surface area contributed by atoms with Crippen molar-refractivity contribution < 1.29 is 23.2 Å². The molecule has 0 spiro atoms.